The van der Waals surface area contributed by atoms with E-state index in [9.17, 15) is 26.0 Å². The molecule has 0 saturated heterocycles. The zero-order valence-corrected chi connectivity index (χ0v) is 18.3. The molecule has 32 heavy (non-hydrogen) atoms. The summed E-state index contributed by atoms with van der Waals surface area (Å²) in [4.78, 5) is 7.84. The highest BCUT2D eigenvalue weighted by Gasteiger charge is 2.39. The first kappa shape index (κ1) is 22.4. The molecule has 4 aromatic rings. The van der Waals surface area contributed by atoms with Crippen LogP contribution in [0.5, 0.6) is 0 Å². The van der Waals surface area contributed by atoms with Gasteiger partial charge in [-0.1, -0.05) is 0 Å². The van der Waals surface area contributed by atoms with Gasteiger partial charge in [0.15, 0.2) is 0 Å². The Labute approximate surface area is 184 Å². The minimum atomic E-state index is -4.72. The largest absolute Gasteiger partial charge is 0.404 e. The topological polar surface area (TPSA) is 76.9 Å². The van der Waals surface area contributed by atoms with Crippen molar-refractivity contribution < 1.29 is 26.0 Å². The molecule has 1 atom stereocenters. The second-order valence-electron chi connectivity index (χ2n) is 7.13. The van der Waals surface area contributed by atoms with Gasteiger partial charge in [0.2, 0.25) is 10.0 Å². The van der Waals surface area contributed by atoms with Crippen LogP contribution in [0, 0.1) is 12.7 Å². The number of nitrogens with zero attached hydrogens (tertiary/aromatic N) is 3. The van der Waals surface area contributed by atoms with Gasteiger partial charge in [-0.2, -0.15) is 17.9 Å². The summed E-state index contributed by atoms with van der Waals surface area (Å²) in [5.74, 6) is -0.371. The lowest BCUT2D eigenvalue weighted by molar-refractivity contribution is -0.147. The van der Waals surface area contributed by atoms with E-state index in [1.165, 1.54) is 29.5 Å². The Morgan fingerprint density at radius 2 is 1.91 bits per heavy atom. The van der Waals surface area contributed by atoms with Crippen molar-refractivity contribution in [3.63, 3.8) is 0 Å². The first-order chi connectivity index (χ1) is 15.0. The number of thiazole rings is 1. The molecule has 1 N–H and O–H groups in total. The molecule has 4 rings (SSSR count). The van der Waals surface area contributed by atoms with Crippen LogP contribution in [-0.4, -0.2) is 35.2 Å². The lowest BCUT2D eigenvalue weighted by Gasteiger charge is -2.17. The number of sulfonamides is 1. The van der Waals surface area contributed by atoms with E-state index in [-0.39, 0.29) is 5.82 Å². The third-order valence-corrected chi connectivity index (χ3v) is 7.14. The fourth-order valence-corrected chi connectivity index (χ4v) is 4.96. The second kappa shape index (κ2) is 7.94. The minimum absolute atomic E-state index is 0.357. The molecule has 0 unspecified atom stereocenters. The lowest BCUT2D eigenvalue weighted by Crippen LogP contribution is -2.42. The van der Waals surface area contributed by atoms with Crippen molar-refractivity contribution in [2.45, 2.75) is 31.0 Å². The minimum Gasteiger partial charge on any atom is -0.298 e. The average molecular weight is 485 g/mol. The third kappa shape index (κ3) is 4.12. The smallest absolute Gasteiger partial charge is 0.298 e. The van der Waals surface area contributed by atoms with Gasteiger partial charge in [-0.15, -0.1) is 11.3 Å². The quantitative estimate of drug-likeness (QED) is 0.412. The number of nitrogens with one attached hydrogen (secondary N) is 1. The number of alkyl halides is 3. The second-order valence-corrected chi connectivity index (χ2v) is 9.71. The molecule has 0 aliphatic heterocycles. The van der Waals surface area contributed by atoms with Crippen molar-refractivity contribution in [1.82, 2.24) is 19.3 Å². The van der Waals surface area contributed by atoms with Gasteiger partial charge in [-0.25, -0.2) is 12.8 Å². The Morgan fingerprint density at radius 1 is 1.16 bits per heavy atom. The molecule has 1 aromatic carbocycles. The van der Waals surface area contributed by atoms with Gasteiger partial charge < -0.3 is 0 Å². The summed E-state index contributed by atoms with van der Waals surface area (Å²) >= 11 is 1.35. The van der Waals surface area contributed by atoms with Gasteiger partial charge in [0.25, 0.3) is 0 Å². The van der Waals surface area contributed by atoms with Crippen molar-refractivity contribution >= 4 is 32.3 Å². The van der Waals surface area contributed by atoms with E-state index in [1.807, 2.05) is 4.57 Å². The Hall–Kier alpha value is -2.83. The number of aromatic nitrogens is 3. The molecule has 0 radical (unpaired) electrons. The number of hydrogen-bond donors (Lipinski definition) is 1. The maximum Gasteiger partial charge on any atom is 0.404 e. The molecule has 3 aromatic heterocycles. The number of rotatable bonds is 5. The predicted molar refractivity (Wildman–Crippen MR) is 113 cm³/mol. The normalized spacial score (nSPS) is 13.6. The van der Waals surface area contributed by atoms with Gasteiger partial charge in [0.05, 0.1) is 28.6 Å². The molecule has 0 bridgehead atoms. The third-order valence-electron chi connectivity index (χ3n) is 4.85. The van der Waals surface area contributed by atoms with E-state index in [4.69, 9.17) is 0 Å². The Morgan fingerprint density at radius 3 is 2.50 bits per heavy atom. The first-order valence-electron chi connectivity index (χ1n) is 9.23. The van der Waals surface area contributed by atoms with Crippen molar-refractivity contribution in [2.75, 3.05) is 0 Å². The molecule has 0 aliphatic carbocycles. The summed E-state index contributed by atoms with van der Waals surface area (Å²) in [6.07, 6.45) is -2.10. The summed E-state index contributed by atoms with van der Waals surface area (Å²) in [7, 11) is -4.43. The lowest BCUT2D eigenvalue weighted by atomic mass is 10.1. The molecule has 3 heterocycles. The van der Waals surface area contributed by atoms with Crippen LogP contribution < -0.4 is 4.72 Å². The maximum atomic E-state index is 14.1. The molecule has 0 saturated carbocycles. The van der Waals surface area contributed by atoms with E-state index in [0.717, 1.165) is 11.2 Å². The number of hydrogen-bond acceptors (Lipinski definition) is 5. The Bertz CT molecular complexity index is 1380. The van der Waals surface area contributed by atoms with Gasteiger partial charge in [0.1, 0.15) is 21.8 Å². The van der Waals surface area contributed by atoms with E-state index in [1.54, 1.807) is 35.5 Å². The number of benzene rings is 1. The van der Waals surface area contributed by atoms with Crippen molar-refractivity contribution in [3.05, 3.63) is 59.6 Å². The van der Waals surface area contributed by atoms with Gasteiger partial charge in [-0.3, -0.25) is 14.5 Å². The van der Waals surface area contributed by atoms with Gasteiger partial charge in [-0.05, 0) is 49.7 Å². The molecule has 168 valence electrons. The Kier molecular flexibility index (Phi) is 5.55. The summed E-state index contributed by atoms with van der Waals surface area (Å²) in [6.45, 7) is 2.36. The molecule has 0 aliphatic rings. The van der Waals surface area contributed by atoms with Crippen LogP contribution >= 0.6 is 11.3 Å². The first-order valence-corrected chi connectivity index (χ1v) is 11.6. The van der Waals surface area contributed by atoms with E-state index in [2.05, 4.69) is 9.97 Å². The SMILES string of the molecule is Cc1cc2c(cc1F)cc(-c1ccc(S(=O)(=O)N[C@@H](C)C(F)(F)F)cn1)n2-c1cncs1. The number of pyridine rings is 1. The van der Waals surface area contributed by atoms with Gasteiger partial charge in [0, 0.05) is 11.6 Å². The fraction of sp³-hybridized carbons (Fsp3) is 0.200. The predicted octanol–water partition coefficient (Wildman–Crippen LogP) is 4.83. The van der Waals surface area contributed by atoms with Gasteiger partial charge >= 0.3 is 6.18 Å². The van der Waals surface area contributed by atoms with Crippen LogP contribution in [0.3, 0.4) is 0 Å². The summed E-state index contributed by atoms with van der Waals surface area (Å²) in [5.41, 5.74) is 3.71. The highest BCUT2D eigenvalue weighted by Crippen LogP contribution is 2.33. The van der Waals surface area contributed by atoms with E-state index >= 15 is 0 Å². The Balaban J connectivity index is 1.78. The number of fused-ring (bicyclic) bond motifs is 1. The number of halogens is 4. The van der Waals surface area contributed by atoms with Crippen molar-refractivity contribution in [3.8, 4) is 16.4 Å². The molecule has 0 spiro atoms. The fourth-order valence-electron chi connectivity index (χ4n) is 3.14. The molecule has 6 nitrogen and oxygen atoms in total. The summed E-state index contributed by atoms with van der Waals surface area (Å²) in [6, 6.07) is 5.11. The van der Waals surface area contributed by atoms with Crippen LogP contribution in [0.2, 0.25) is 0 Å². The molecular formula is C20H16F4N4O2S2. The highest BCUT2D eigenvalue weighted by atomic mass is 32.2. The average Bonchev–Trinajstić information content (AvgIpc) is 3.35. The van der Waals surface area contributed by atoms with Crippen molar-refractivity contribution in [1.29, 1.82) is 0 Å². The molecule has 0 amide bonds. The molecule has 0 fully saturated rings. The summed E-state index contributed by atoms with van der Waals surface area (Å²) < 4.78 is 80.4. The monoisotopic (exact) mass is 484 g/mol. The zero-order chi connectivity index (χ0) is 23.3. The van der Waals surface area contributed by atoms with Crippen molar-refractivity contribution in [2.24, 2.45) is 0 Å². The molecule has 12 heteroatoms. The highest BCUT2D eigenvalue weighted by molar-refractivity contribution is 7.89. The van der Waals surface area contributed by atoms with E-state index < -0.39 is 27.1 Å². The number of aryl methyl sites for hydroxylation is 1. The standard InChI is InChI=1S/C20H16F4N4O2S2/c1-11-5-17-13(6-15(11)21)7-18(28(17)19-9-25-10-31-19)16-4-3-14(8-26-16)32(29,30)27-12(2)20(22,23)24/h3-10,12,27H,1-2H3/t12-/m0/s1. The maximum absolute atomic E-state index is 14.1. The van der Waals surface area contributed by atoms with E-state index in [0.29, 0.717) is 34.8 Å². The van der Waals surface area contributed by atoms with Crippen LogP contribution in [0.25, 0.3) is 27.3 Å². The van der Waals surface area contributed by atoms with Crippen LogP contribution in [0.4, 0.5) is 17.6 Å². The molecular weight excluding hydrogens is 468 g/mol. The van der Waals surface area contributed by atoms with Crippen LogP contribution in [-0.2, 0) is 10.0 Å². The van der Waals surface area contributed by atoms with Crippen LogP contribution in [0.1, 0.15) is 12.5 Å². The zero-order valence-electron chi connectivity index (χ0n) is 16.7. The summed E-state index contributed by atoms with van der Waals surface area (Å²) in [5, 5.41) is 1.34. The van der Waals surface area contributed by atoms with Crippen LogP contribution in [0.15, 0.2) is 53.1 Å².